The van der Waals surface area contributed by atoms with Crippen molar-refractivity contribution >= 4 is 38.4 Å². The smallest absolute Gasteiger partial charge is 0.420 e. The summed E-state index contributed by atoms with van der Waals surface area (Å²) < 4.78 is 38.0. The number of nitrogens with zero attached hydrogens (tertiary/aromatic N) is 1. The lowest BCUT2D eigenvalue weighted by molar-refractivity contribution is -0.141. The summed E-state index contributed by atoms with van der Waals surface area (Å²) in [5.74, 6) is -1.37. The van der Waals surface area contributed by atoms with E-state index < -0.39 is 21.7 Å². The van der Waals surface area contributed by atoms with E-state index in [0.29, 0.717) is 11.9 Å². The van der Waals surface area contributed by atoms with Crippen LogP contribution in [0.1, 0.15) is 4.88 Å². The fourth-order valence-corrected chi connectivity index (χ4v) is 4.16. The Hall–Kier alpha value is -2.43. The van der Waals surface area contributed by atoms with Crippen LogP contribution in [0.4, 0.5) is 0 Å². The second kappa shape index (κ2) is 7.44. The molecule has 8 nitrogen and oxygen atoms in total. The summed E-state index contributed by atoms with van der Waals surface area (Å²) in [5.41, 5.74) is 0.401. The number of carbonyl (C=O) groups excluding carboxylic acids is 1. The highest BCUT2D eigenvalue weighted by molar-refractivity contribution is 7.89. The first-order chi connectivity index (χ1) is 12.4. The van der Waals surface area contributed by atoms with Gasteiger partial charge in [-0.15, -0.1) is 11.3 Å². The Bertz CT molecular complexity index is 1080. The van der Waals surface area contributed by atoms with Crippen LogP contribution in [0.25, 0.3) is 11.1 Å². The molecule has 26 heavy (non-hydrogen) atoms. The molecule has 0 unspecified atom stereocenters. The van der Waals surface area contributed by atoms with Gasteiger partial charge in [-0.2, -0.15) is 0 Å². The Balaban J connectivity index is 1.81. The maximum atomic E-state index is 12.4. The summed E-state index contributed by atoms with van der Waals surface area (Å²) in [5, 5.41) is 1.93. The van der Waals surface area contributed by atoms with Gasteiger partial charge in [0, 0.05) is 17.5 Å². The Kier molecular flexibility index (Phi) is 5.25. The van der Waals surface area contributed by atoms with E-state index in [1.165, 1.54) is 25.3 Å². The number of hydrogen-bond donors (Lipinski definition) is 1. The lowest BCUT2D eigenvalue weighted by atomic mass is 10.3. The van der Waals surface area contributed by atoms with Gasteiger partial charge in [-0.3, -0.25) is 9.36 Å². The highest BCUT2D eigenvalue weighted by Gasteiger charge is 2.18. The van der Waals surface area contributed by atoms with Crippen LogP contribution in [0, 0.1) is 0 Å². The lowest BCUT2D eigenvalue weighted by Crippen LogP contribution is -2.25. The van der Waals surface area contributed by atoms with Crippen LogP contribution >= 0.6 is 11.3 Å². The summed E-state index contributed by atoms with van der Waals surface area (Å²) in [6, 6.07) is 7.89. The third-order valence-electron chi connectivity index (χ3n) is 3.71. The van der Waals surface area contributed by atoms with Crippen LogP contribution < -0.4 is 10.5 Å². The molecule has 2 heterocycles. The molecule has 1 N–H and O–H groups in total. The second-order valence-corrected chi connectivity index (χ2v) is 8.19. The number of hydrogen-bond acceptors (Lipinski definition) is 7. The van der Waals surface area contributed by atoms with Crippen molar-refractivity contribution in [2.45, 2.75) is 17.9 Å². The zero-order chi connectivity index (χ0) is 18.7. The monoisotopic (exact) mass is 396 g/mol. The van der Waals surface area contributed by atoms with Gasteiger partial charge in [-0.25, -0.2) is 17.9 Å². The summed E-state index contributed by atoms with van der Waals surface area (Å²) in [6.45, 7) is -0.0539. The number of fused-ring (bicyclic) bond motifs is 1. The van der Waals surface area contributed by atoms with Crippen LogP contribution in [-0.4, -0.2) is 32.6 Å². The number of esters is 1. The summed E-state index contributed by atoms with van der Waals surface area (Å²) in [4.78, 5) is 24.3. The average molecular weight is 396 g/mol. The molecule has 0 amide bonds. The maximum absolute atomic E-state index is 12.4. The van der Waals surface area contributed by atoms with Crippen LogP contribution in [0.3, 0.4) is 0 Å². The van der Waals surface area contributed by atoms with Gasteiger partial charge in [0.1, 0.15) is 6.54 Å². The first kappa shape index (κ1) is 18.4. The van der Waals surface area contributed by atoms with E-state index in [1.54, 1.807) is 11.3 Å². The molecule has 0 atom stereocenters. The standard InChI is InChI=1S/C16H16N2O6S2/c1-23-15(19)10-18-13-5-4-12(9-14(13)24-16(18)20)26(21,22)17-7-6-11-3-2-8-25-11/h2-5,8-9,17H,6-7,10H2,1H3. The quantitative estimate of drug-likeness (QED) is 0.604. The van der Waals surface area contributed by atoms with Crippen molar-refractivity contribution < 1.29 is 22.4 Å². The predicted molar refractivity (Wildman–Crippen MR) is 95.7 cm³/mol. The van der Waals surface area contributed by atoms with Gasteiger partial charge in [0.05, 0.1) is 17.5 Å². The first-order valence-electron chi connectivity index (χ1n) is 7.63. The number of carbonyl (C=O) groups is 1. The van der Waals surface area contributed by atoms with Crippen LogP contribution in [0.15, 0.2) is 49.8 Å². The van der Waals surface area contributed by atoms with Crippen molar-refractivity contribution in [3.8, 4) is 0 Å². The SMILES string of the molecule is COC(=O)Cn1c(=O)oc2cc(S(=O)(=O)NCCc3cccs3)ccc21. The number of rotatable bonds is 7. The fraction of sp³-hybridized carbons (Fsp3) is 0.250. The molecule has 0 aliphatic carbocycles. The number of aromatic nitrogens is 1. The molecule has 0 saturated heterocycles. The average Bonchev–Trinajstić information content (AvgIpc) is 3.22. The molecule has 0 spiro atoms. The molecule has 2 aromatic heterocycles. The van der Waals surface area contributed by atoms with E-state index >= 15 is 0 Å². The van der Waals surface area contributed by atoms with E-state index in [4.69, 9.17) is 4.42 Å². The number of nitrogens with one attached hydrogen (secondary N) is 1. The largest absolute Gasteiger partial charge is 0.468 e. The highest BCUT2D eigenvalue weighted by atomic mass is 32.2. The Labute approximate surface area is 153 Å². The molecule has 138 valence electrons. The summed E-state index contributed by atoms with van der Waals surface area (Å²) in [7, 11) is -2.53. The second-order valence-electron chi connectivity index (χ2n) is 5.39. The van der Waals surface area contributed by atoms with Gasteiger partial charge in [-0.1, -0.05) is 6.07 Å². The molecule has 3 rings (SSSR count). The normalized spacial score (nSPS) is 11.7. The van der Waals surface area contributed by atoms with Crippen LogP contribution in [0.2, 0.25) is 0 Å². The highest BCUT2D eigenvalue weighted by Crippen LogP contribution is 2.19. The molecule has 0 saturated carbocycles. The molecular weight excluding hydrogens is 380 g/mol. The van der Waals surface area contributed by atoms with Gasteiger partial charge >= 0.3 is 11.7 Å². The van der Waals surface area contributed by atoms with Crippen LogP contribution in [0.5, 0.6) is 0 Å². The number of methoxy groups -OCH3 is 1. The van der Waals surface area contributed by atoms with Gasteiger partial charge in [-0.05, 0) is 30.0 Å². The molecule has 3 aromatic rings. The third-order valence-corrected chi connectivity index (χ3v) is 6.10. The minimum Gasteiger partial charge on any atom is -0.468 e. The van der Waals surface area contributed by atoms with Crippen molar-refractivity contribution in [3.05, 3.63) is 51.1 Å². The van der Waals surface area contributed by atoms with Crippen LogP contribution in [-0.2, 0) is 32.5 Å². The Morgan fingerprint density at radius 1 is 1.35 bits per heavy atom. The van der Waals surface area contributed by atoms with E-state index in [-0.39, 0.29) is 23.6 Å². The van der Waals surface area contributed by atoms with E-state index in [0.717, 1.165) is 9.44 Å². The molecular formula is C16H16N2O6S2. The van der Waals surface area contributed by atoms with Gasteiger partial charge in [0.2, 0.25) is 10.0 Å². The van der Waals surface area contributed by atoms with Crippen molar-refractivity contribution in [1.29, 1.82) is 0 Å². The first-order valence-corrected chi connectivity index (χ1v) is 9.99. The Morgan fingerprint density at radius 3 is 2.85 bits per heavy atom. The van der Waals surface area contributed by atoms with E-state index in [2.05, 4.69) is 9.46 Å². The molecule has 0 aliphatic rings. The van der Waals surface area contributed by atoms with Gasteiger partial charge < -0.3 is 9.15 Å². The van der Waals surface area contributed by atoms with Crippen molar-refractivity contribution in [2.24, 2.45) is 0 Å². The summed E-state index contributed by atoms with van der Waals surface area (Å²) in [6.07, 6.45) is 0.587. The minimum absolute atomic E-state index is 0.0184. The lowest BCUT2D eigenvalue weighted by Gasteiger charge is -2.06. The zero-order valence-corrected chi connectivity index (χ0v) is 15.4. The Morgan fingerprint density at radius 2 is 2.15 bits per heavy atom. The topological polar surface area (TPSA) is 108 Å². The number of oxazole rings is 1. The van der Waals surface area contributed by atoms with E-state index in [9.17, 15) is 18.0 Å². The number of ether oxygens (including phenoxy) is 1. The predicted octanol–water partition coefficient (Wildman–Crippen LogP) is 1.35. The molecule has 1 aromatic carbocycles. The van der Waals surface area contributed by atoms with E-state index in [1.807, 2.05) is 17.5 Å². The number of benzene rings is 1. The molecule has 0 aliphatic heterocycles. The van der Waals surface area contributed by atoms with Gasteiger partial charge in [0.15, 0.2) is 5.58 Å². The zero-order valence-electron chi connectivity index (χ0n) is 13.8. The summed E-state index contributed by atoms with van der Waals surface area (Å²) >= 11 is 1.56. The van der Waals surface area contributed by atoms with Gasteiger partial charge in [0.25, 0.3) is 0 Å². The van der Waals surface area contributed by atoms with Crippen molar-refractivity contribution in [3.63, 3.8) is 0 Å². The number of sulfonamides is 1. The van der Waals surface area contributed by atoms with Crippen molar-refractivity contribution in [2.75, 3.05) is 13.7 Å². The van der Waals surface area contributed by atoms with Crippen molar-refractivity contribution in [1.82, 2.24) is 9.29 Å². The molecule has 0 radical (unpaired) electrons. The maximum Gasteiger partial charge on any atom is 0.420 e. The minimum atomic E-state index is -3.74. The molecule has 10 heteroatoms. The number of thiophene rings is 1. The fourth-order valence-electron chi connectivity index (χ4n) is 2.40. The molecule has 0 fully saturated rings. The third kappa shape index (κ3) is 3.87. The molecule has 0 bridgehead atoms.